The molecular weight excluding hydrogens is 428 g/mol. The summed E-state index contributed by atoms with van der Waals surface area (Å²) in [5.41, 5.74) is 8.18. The van der Waals surface area contributed by atoms with E-state index in [2.05, 4.69) is 50.8 Å². The van der Waals surface area contributed by atoms with Crippen LogP contribution in [-0.2, 0) is 13.5 Å². The van der Waals surface area contributed by atoms with Crippen LogP contribution in [-0.4, -0.2) is 21.4 Å². The second-order valence-corrected chi connectivity index (χ2v) is 7.96. The zero-order valence-electron chi connectivity index (χ0n) is 15.2. The number of carbonyl (C=O) groups is 2. The van der Waals surface area contributed by atoms with E-state index < -0.39 is 5.91 Å². The summed E-state index contributed by atoms with van der Waals surface area (Å²) < 4.78 is 2.46. The van der Waals surface area contributed by atoms with Gasteiger partial charge in [-0.25, -0.2) is 4.98 Å². The summed E-state index contributed by atoms with van der Waals surface area (Å²) >= 11 is 4.62. The Balaban J connectivity index is 1.70. The molecule has 140 valence electrons. The van der Waals surface area contributed by atoms with E-state index in [9.17, 15) is 9.59 Å². The van der Waals surface area contributed by atoms with Crippen molar-refractivity contribution in [3.8, 4) is 10.6 Å². The van der Waals surface area contributed by atoms with Gasteiger partial charge in [0.15, 0.2) is 0 Å². The van der Waals surface area contributed by atoms with Crippen LogP contribution in [0.3, 0.4) is 0 Å². The van der Waals surface area contributed by atoms with Crippen LogP contribution in [0.2, 0.25) is 0 Å². The van der Waals surface area contributed by atoms with Gasteiger partial charge < -0.3 is 4.57 Å². The van der Waals surface area contributed by atoms with Crippen LogP contribution >= 0.6 is 27.3 Å². The van der Waals surface area contributed by atoms with Crippen molar-refractivity contribution in [1.82, 2.24) is 20.4 Å². The lowest BCUT2D eigenvalue weighted by molar-refractivity contribution is 0.0843. The van der Waals surface area contributed by atoms with Crippen molar-refractivity contribution < 1.29 is 9.59 Å². The number of halogens is 1. The molecule has 0 radical (unpaired) electrons. The minimum Gasteiger partial charge on any atom is -0.345 e. The highest BCUT2D eigenvalue weighted by atomic mass is 79.9. The number of thiazole rings is 1. The highest BCUT2D eigenvalue weighted by Crippen LogP contribution is 2.28. The fraction of sp³-hybridized carbons (Fsp3) is 0.211. The van der Waals surface area contributed by atoms with Crippen molar-refractivity contribution >= 4 is 39.1 Å². The monoisotopic (exact) mass is 446 g/mol. The summed E-state index contributed by atoms with van der Waals surface area (Å²) in [5, 5.41) is 0.776. The third-order valence-corrected chi connectivity index (χ3v) is 5.74. The van der Waals surface area contributed by atoms with Crippen LogP contribution in [0.5, 0.6) is 0 Å². The zero-order chi connectivity index (χ0) is 19.6. The lowest BCUT2D eigenvalue weighted by Gasteiger charge is -2.07. The Kier molecular flexibility index (Phi) is 5.76. The van der Waals surface area contributed by atoms with E-state index in [1.165, 1.54) is 16.9 Å². The summed E-state index contributed by atoms with van der Waals surface area (Å²) in [6, 6.07) is 9.81. The van der Waals surface area contributed by atoms with Gasteiger partial charge in [-0.3, -0.25) is 20.4 Å². The molecule has 6 nitrogen and oxygen atoms in total. The van der Waals surface area contributed by atoms with Gasteiger partial charge in [0.05, 0.1) is 5.69 Å². The summed E-state index contributed by atoms with van der Waals surface area (Å²) in [6.45, 7) is 3.89. The van der Waals surface area contributed by atoms with Gasteiger partial charge in [-0.05, 0) is 40.9 Å². The number of amides is 2. The number of benzene rings is 1. The van der Waals surface area contributed by atoms with E-state index in [0.717, 1.165) is 21.5 Å². The maximum Gasteiger partial charge on any atom is 0.286 e. The molecule has 0 bridgehead atoms. The van der Waals surface area contributed by atoms with Gasteiger partial charge in [0.2, 0.25) is 0 Å². The minimum absolute atomic E-state index is 0.386. The van der Waals surface area contributed by atoms with Gasteiger partial charge in [-0.2, -0.15) is 0 Å². The second-order valence-electron chi connectivity index (χ2n) is 6.05. The van der Waals surface area contributed by atoms with Gasteiger partial charge in [-0.1, -0.05) is 31.2 Å². The molecule has 2 amide bonds. The van der Waals surface area contributed by atoms with E-state index >= 15 is 0 Å². The maximum absolute atomic E-state index is 12.5. The molecular formula is C19H19BrN4O2S. The van der Waals surface area contributed by atoms with Gasteiger partial charge in [0.1, 0.15) is 15.6 Å². The summed E-state index contributed by atoms with van der Waals surface area (Å²) in [5.74, 6) is -0.780. The smallest absolute Gasteiger partial charge is 0.286 e. The van der Waals surface area contributed by atoms with Crippen LogP contribution < -0.4 is 10.9 Å². The van der Waals surface area contributed by atoms with E-state index in [1.54, 1.807) is 30.8 Å². The summed E-state index contributed by atoms with van der Waals surface area (Å²) in [7, 11) is 1.75. The quantitative estimate of drug-likeness (QED) is 0.597. The predicted octanol–water partition coefficient (Wildman–Crippen LogP) is 3.86. The first-order chi connectivity index (χ1) is 12.9. The molecule has 0 spiro atoms. The molecule has 8 heteroatoms. The van der Waals surface area contributed by atoms with Gasteiger partial charge in [0, 0.05) is 23.3 Å². The summed E-state index contributed by atoms with van der Waals surface area (Å²) in [4.78, 5) is 29.6. The molecule has 0 fully saturated rings. The molecule has 0 aliphatic heterocycles. The first-order valence-corrected chi connectivity index (χ1v) is 9.99. The average Bonchev–Trinajstić information content (AvgIpc) is 3.21. The van der Waals surface area contributed by atoms with Gasteiger partial charge in [-0.15, -0.1) is 11.3 Å². The predicted molar refractivity (Wildman–Crippen MR) is 110 cm³/mol. The number of carbonyl (C=O) groups excluding carboxylic acids is 2. The lowest BCUT2D eigenvalue weighted by atomic mass is 10.1. The SMILES string of the molecule is CCc1ccc(-c2nc(C)c(C(=O)NNC(=O)c3cc(Br)cn3C)s2)cc1. The molecule has 0 saturated heterocycles. The van der Waals surface area contributed by atoms with E-state index in [0.29, 0.717) is 16.3 Å². The number of rotatable bonds is 4. The highest BCUT2D eigenvalue weighted by Gasteiger charge is 2.18. The molecule has 27 heavy (non-hydrogen) atoms. The normalized spacial score (nSPS) is 10.7. The van der Waals surface area contributed by atoms with Crippen LogP contribution in [0.15, 0.2) is 41.0 Å². The number of aromatic nitrogens is 2. The van der Waals surface area contributed by atoms with E-state index in [1.807, 2.05) is 12.1 Å². The van der Waals surface area contributed by atoms with Crippen LogP contribution in [0.1, 0.15) is 38.3 Å². The lowest BCUT2D eigenvalue weighted by Crippen LogP contribution is -2.42. The highest BCUT2D eigenvalue weighted by molar-refractivity contribution is 9.10. The van der Waals surface area contributed by atoms with E-state index in [4.69, 9.17) is 0 Å². The fourth-order valence-electron chi connectivity index (χ4n) is 2.60. The molecule has 0 aliphatic rings. The number of aryl methyl sites for hydroxylation is 3. The Hall–Kier alpha value is -2.45. The standard InChI is InChI=1S/C19H19BrN4O2S/c1-4-12-5-7-13(8-6-12)19-21-11(2)16(27-19)18(26)23-22-17(25)15-9-14(20)10-24(15)3/h5-10H,4H2,1-3H3,(H,22,25)(H,23,26). The maximum atomic E-state index is 12.5. The molecule has 2 N–H and O–H groups in total. The van der Waals surface area contributed by atoms with Crippen molar-refractivity contribution in [1.29, 1.82) is 0 Å². The third-order valence-electron chi connectivity index (χ3n) is 4.11. The molecule has 0 atom stereocenters. The molecule has 0 unspecified atom stereocenters. The second kappa shape index (κ2) is 8.06. The van der Waals surface area contributed by atoms with Crippen molar-refractivity contribution in [3.05, 3.63) is 62.8 Å². The topological polar surface area (TPSA) is 76.0 Å². The number of hydrogen-bond acceptors (Lipinski definition) is 4. The first kappa shape index (κ1) is 19.3. The molecule has 0 saturated carbocycles. The van der Waals surface area contributed by atoms with Crippen molar-refractivity contribution in [3.63, 3.8) is 0 Å². The largest absolute Gasteiger partial charge is 0.345 e. The van der Waals surface area contributed by atoms with Crippen LogP contribution in [0, 0.1) is 6.92 Å². The third kappa shape index (κ3) is 4.28. The number of nitrogens with zero attached hydrogens (tertiary/aromatic N) is 2. The van der Waals surface area contributed by atoms with Crippen LogP contribution in [0.25, 0.3) is 10.6 Å². The molecule has 0 aliphatic carbocycles. The Labute approximate surface area is 169 Å². The van der Waals surface area contributed by atoms with Crippen molar-refractivity contribution in [2.45, 2.75) is 20.3 Å². The van der Waals surface area contributed by atoms with Crippen molar-refractivity contribution in [2.75, 3.05) is 0 Å². The van der Waals surface area contributed by atoms with Crippen molar-refractivity contribution in [2.24, 2.45) is 7.05 Å². The van der Waals surface area contributed by atoms with Gasteiger partial charge >= 0.3 is 0 Å². The van der Waals surface area contributed by atoms with Crippen LogP contribution in [0.4, 0.5) is 0 Å². The number of hydrogen-bond donors (Lipinski definition) is 2. The molecule has 3 rings (SSSR count). The summed E-state index contributed by atoms with van der Waals surface area (Å²) in [6.07, 6.45) is 2.74. The molecule has 2 aromatic heterocycles. The average molecular weight is 447 g/mol. The first-order valence-electron chi connectivity index (χ1n) is 8.38. The Morgan fingerprint density at radius 3 is 2.44 bits per heavy atom. The zero-order valence-corrected chi connectivity index (χ0v) is 17.6. The number of hydrazine groups is 1. The Bertz CT molecular complexity index is 992. The number of nitrogens with one attached hydrogen (secondary N) is 2. The Morgan fingerprint density at radius 1 is 1.19 bits per heavy atom. The molecule has 1 aromatic carbocycles. The Morgan fingerprint density at radius 2 is 1.85 bits per heavy atom. The minimum atomic E-state index is -0.394. The molecule has 3 aromatic rings. The van der Waals surface area contributed by atoms with Gasteiger partial charge in [0.25, 0.3) is 11.8 Å². The fourth-order valence-corrected chi connectivity index (χ4v) is 4.09. The molecule has 2 heterocycles. The van der Waals surface area contributed by atoms with E-state index in [-0.39, 0.29) is 5.91 Å².